The molecule has 3 aromatic heterocycles. The smallest absolute Gasteiger partial charge is 0.245 e. The van der Waals surface area contributed by atoms with Gasteiger partial charge < -0.3 is 9.88 Å². The molecule has 6 nitrogen and oxygen atoms in total. The van der Waals surface area contributed by atoms with E-state index >= 15 is 0 Å². The molecule has 128 valence electrons. The van der Waals surface area contributed by atoms with Gasteiger partial charge in [-0.1, -0.05) is 18.2 Å². The highest BCUT2D eigenvalue weighted by Gasteiger charge is 2.16. The second-order valence-electron chi connectivity index (χ2n) is 5.99. The van der Waals surface area contributed by atoms with E-state index in [1.807, 2.05) is 66.1 Å². The summed E-state index contributed by atoms with van der Waals surface area (Å²) in [6.07, 6.45) is 3.40. The molecule has 6 heteroatoms. The van der Waals surface area contributed by atoms with E-state index in [0.717, 1.165) is 22.3 Å². The maximum absolute atomic E-state index is 12.6. The summed E-state index contributed by atoms with van der Waals surface area (Å²) in [6, 6.07) is 17.1. The Morgan fingerprint density at radius 2 is 1.88 bits per heavy atom. The predicted molar refractivity (Wildman–Crippen MR) is 101 cm³/mol. The van der Waals surface area contributed by atoms with Crippen molar-refractivity contribution in [2.45, 2.75) is 13.5 Å². The van der Waals surface area contributed by atoms with Crippen molar-refractivity contribution in [1.29, 1.82) is 0 Å². The Hall–Kier alpha value is -3.54. The number of pyridine rings is 2. The number of amides is 1. The number of hydrogen-bond donors (Lipinski definition) is 1. The van der Waals surface area contributed by atoms with Crippen LogP contribution < -0.4 is 5.32 Å². The van der Waals surface area contributed by atoms with Crippen LogP contribution in [-0.4, -0.2) is 25.4 Å². The second-order valence-corrected chi connectivity index (χ2v) is 5.99. The number of aryl methyl sites for hydroxylation is 1. The molecule has 1 N–H and O–H groups in total. The number of para-hydroxylation sites is 2. The average molecular weight is 343 g/mol. The third kappa shape index (κ3) is 3.17. The van der Waals surface area contributed by atoms with E-state index in [1.165, 1.54) is 0 Å². The van der Waals surface area contributed by atoms with Gasteiger partial charge in [0.05, 0.1) is 11.0 Å². The van der Waals surface area contributed by atoms with E-state index in [-0.39, 0.29) is 12.5 Å². The first-order chi connectivity index (χ1) is 12.7. The Morgan fingerprint density at radius 1 is 1.04 bits per heavy atom. The highest BCUT2D eigenvalue weighted by molar-refractivity contribution is 5.91. The predicted octanol–water partition coefficient (Wildman–Crippen LogP) is 3.44. The minimum atomic E-state index is -0.163. The maximum Gasteiger partial charge on any atom is 0.245 e. The Morgan fingerprint density at radius 3 is 2.69 bits per heavy atom. The number of hydrogen-bond acceptors (Lipinski definition) is 4. The lowest BCUT2D eigenvalue weighted by atomic mass is 10.3. The number of anilines is 1. The first kappa shape index (κ1) is 16.0. The molecule has 0 aliphatic heterocycles. The van der Waals surface area contributed by atoms with Gasteiger partial charge in [-0.25, -0.2) is 9.97 Å². The third-order valence-electron chi connectivity index (χ3n) is 4.03. The second kappa shape index (κ2) is 6.76. The van der Waals surface area contributed by atoms with Gasteiger partial charge in [-0.3, -0.25) is 9.78 Å². The molecule has 0 bridgehead atoms. The van der Waals surface area contributed by atoms with Gasteiger partial charge in [0.15, 0.2) is 5.82 Å². The molecule has 0 saturated heterocycles. The fourth-order valence-corrected chi connectivity index (χ4v) is 2.86. The third-order valence-corrected chi connectivity index (χ3v) is 4.03. The molecule has 4 aromatic rings. The molecule has 0 fully saturated rings. The first-order valence-electron chi connectivity index (χ1n) is 8.30. The van der Waals surface area contributed by atoms with Crippen molar-refractivity contribution in [3.05, 3.63) is 72.6 Å². The van der Waals surface area contributed by atoms with Crippen molar-refractivity contribution in [3.63, 3.8) is 0 Å². The van der Waals surface area contributed by atoms with Crippen LogP contribution in [0, 0.1) is 6.92 Å². The van der Waals surface area contributed by atoms with Crippen molar-refractivity contribution in [2.75, 3.05) is 5.32 Å². The molecule has 3 heterocycles. The number of aromatic nitrogens is 4. The zero-order chi connectivity index (χ0) is 17.9. The van der Waals surface area contributed by atoms with Crippen LogP contribution in [0.4, 0.5) is 5.82 Å². The summed E-state index contributed by atoms with van der Waals surface area (Å²) in [4.78, 5) is 25.8. The van der Waals surface area contributed by atoms with Gasteiger partial charge >= 0.3 is 0 Å². The first-order valence-corrected chi connectivity index (χ1v) is 8.30. The average Bonchev–Trinajstić information content (AvgIpc) is 3.01. The highest BCUT2D eigenvalue weighted by atomic mass is 16.2. The summed E-state index contributed by atoms with van der Waals surface area (Å²) < 4.78 is 1.88. The number of nitrogens with one attached hydrogen (secondary N) is 1. The molecule has 0 unspecified atom stereocenters. The molecule has 1 amide bonds. The normalized spacial score (nSPS) is 10.8. The van der Waals surface area contributed by atoms with E-state index in [4.69, 9.17) is 0 Å². The molecule has 4 rings (SSSR count). The molecule has 0 spiro atoms. The molecule has 26 heavy (non-hydrogen) atoms. The quantitative estimate of drug-likeness (QED) is 0.616. The number of carbonyl (C=O) groups excluding carboxylic acids is 1. The lowest BCUT2D eigenvalue weighted by molar-refractivity contribution is -0.116. The number of nitrogens with zero attached hydrogens (tertiary/aromatic N) is 4. The van der Waals surface area contributed by atoms with Crippen LogP contribution in [0.5, 0.6) is 0 Å². The molecular weight excluding hydrogens is 326 g/mol. The van der Waals surface area contributed by atoms with Crippen LogP contribution in [0.15, 0.2) is 67.0 Å². The summed E-state index contributed by atoms with van der Waals surface area (Å²) in [7, 11) is 0. The Kier molecular flexibility index (Phi) is 4.15. The molecule has 1 aromatic carbocycles. The van der Waals surface area contributed by atoms with E-state index in [1.54, 1.807) is 12.4 Å². The van der Waals surface area contributed by atoms with Gasteiger partial charge in [0, 0.05) is 12.4 Å². The minimum absolute atomic E-state index is 0.127. The summed E-state index contributed by atoms with van der Waals surface area (Å²) in [5, 5.41) is 2.85. The molecule has 0 atom stereocenters. The van der Waals surface area contributed by atoms with Gasteiger partial charge in [-0.15, -0.1) is 0 Å². The van der Waals surface area contributed by atoms with Crippen LogP contribution in [0.3, 0.4) is 0 Å². The molecule has 0 radical (unpaired) electrons. The molecule has 0 aliphatic rings. The number of imidazole rings is 1. The summed E-state index contributed by atoms with van der Waals surface area (Å²) in [5.74, 6) is 1.04. The van der Waals surface area contributed by atoms with Crippen molar-refractivity contribution >= 4 is 22.8 Å². The maximum atomic E-state index is 12.6. The van der Waals surface area contributed by atoms with Gasteiger partial charge in [0.2, 0.25) is 5.91 Å². The standard InChI is InChI=1S/C20H17N5O/c1-14-9-11-22-18(12-14)24-19(26)13-25-17-8-3-2-6-15(17)23-20(25)16-7-4-5-10-21-16/h2-12H,13H2,1H3,(H,22,24,26). The minimum Gasteiger partial charge on any atom is -0.313 e. The van der Waals surface area contributed by atoms with E-state index in [9.17, 15) is 4.79 Å². The van der Waals surface area contributed by atoms with Crippen LogP contribution >= 0.6 is 0 Å². The van der Waals surface area contributed by atoms with Crippen LogP contribution in [0.25, 0.3) is 22.6 Å². The molecule has 0 aliphatic carbocycles. The van der Waals surface area contributed by atoms with Crippen molar-refractivity contribution in [2.24, 2.45) is 0 Å². The number of carbonyl (C=O) groups is 1. The van der Waals surface area contributed by atoms with Gasteiger partial charge in [-0.2, -0.15) is 0 Å². The lowest BCUT2D eigenvalue weighted by Crippen LogP contribution is -2.20. The van der Waals surface area contributed by atoms with E-state index in [2.05, 4.69) is 20.3 Å². The summed E-state index contributed by atoms with van der Waals surface area (Å²) >= 11 is 0. The summed E-state index contributed by atoms with van der Waals surface area (Å²) in [5.41, 5.74) is 3.48. The zero-order valence-corrected chi connectivity index (χ0v) is 14.3. The van der Waals surface area contributed by atoms with Crippen molar-refractivity contribution in [1.82, 2.24) is 19.5 Å². The fraction of sp³-hybridized carbons (Fsp3) is 0.100. The number of benzene rings is 1. The van der Waals surface area contributed by atoms with Gasteiger partial charge in [-0.05, 0) is 48.9 Å². The van der Waals surface area contributed by atoms with Crippen LogP contribution in [-0.2, 0) is 11.3 Å². The van der Waals surface area contributed by atoms with Crippen molar-refractivity contribution in [3.8, 4) is 11.5 Å². The van der Waals surface area contributed by atoms with Crippen LogP contribution in [0.2, 0.25) is 0 Å². The largest absolute Gasteiger partial charge is 0.313 e. The van der Waals surface area contributed by atoms with Crippen molar-refractivity contribution < 1.29 is 4.79 Å². The Labute approximate surface area is 150 Å². The number of fused-ring (bicyclic) bond motifs is 1. The van der Waals surface area contributed by atoms with Crippen LogP contribution in [0.1, 0.15) is 5.56 Å². The Balaban J connectivity index is 1.70. The zero-order valence-electron chi connectivity index (χ0n) is 14.3. The molecular formula is C20H17N5O. The van der Waals surface area contributed by atoms with E-state index in [0.29, 0.717) is 11.6 Å². The molecule has 0 saturated carbocycles. The lowest BCUT2D eigenvalue weighted by Gasteiger charge is -2.09. The monoisotopic (exact) mass is 343 g/mol. The van der Waals surface area contributed by atoms with E-state index < -0.39 is 0 Å². The SMILES string of the molecule is Cc1ccnc(NC(=O)Cn2c(-c3ccccn3)nc3ccccc32)c1. The van der Waals surface area contributed by atoms with Gasteiger partial charge in [0.25, 0.3) is 0 Å². The topological polar surface area (TPSA) is 72.7 Å². The Bertz CT molecular complexity index is 1070. The highest BCUT2D eigenvalue weighted by Crippen LogP contribution is 2.23. The number of rotatable bonds is 4. The van der Waals surface area contributed by atoms with Gasteiger partial charge in [0.1, 0.15) is 18.1 Å². The summed E-state index contributed by atoms with van der Waals surface area (Å²) in [6.45, 7) is 2.09. The fourth-order valence-electron chi connectivity index (χ4n) is 2.86.